The molecule has 146 valence electrons. The van der Waals surface area contributed by atoms with Crippen LogP contribution in [0.2, 0.25) is 0 Å². The lowest BCUT2D eigenvalue weighted by atomic mass is 10.1. The second-order valence-corrected chi connectivity index (χ2v) is 8.46. The molecule has 7 heteroatoms. The summed E-state index contributed by atoms with van der Waals surface area (Å²) in [7, 11) is 0. The Labute approximate surface area is 172 Å². The Bertz CT molecular complexity index is 1230. The van der Waals surface area contributed by atoms with Gasteiger partial charge >= 0.3 is 0 Å². The van der Waals surface area contributed by atoms with Crippen LogP contribution in [0.4, 0.5) is 5.13 Å². The summed E-state index contributed by atoms with van der Waals surface area (Å²) in [5.74, 6) is -0.0568. The fourth-order valence-corrected chi connectivity index (χ4v) is 5.01. The van der Waals surface area contributed by atoms with E-state index < -0.39 is 0 Å². The van der Waals surface area contributed by atoms with Gasteiger partial charge in [0.2, 0.25) is 0 Å². The number of hydrogen-bond donors (Lipinski definition) is 0. The molecule has 2 aromatic carbocycles. The number of nitrogens with zero attached hydrogens (tertiary/aromatic N) is 5. The van der Waals surface area contributed by atoms with E-state index >= 15 is 0 Å². The van der Waals surface area contributed by atoms with Gasteiger partial charge in [0.1, 0.15) is 5.69 Å². The van der Waals surface area contributed by atoms with Crippen molar-refractivity contribution < 1.29 is 4.79 Å². The Hall–Kier alpha value is -3.06. The molecule has 29 heavy (non-hydrogen) atoms. The topological polar surface area (TPSA) is 62.2 Å². The van der Waals surface area contributed by atoms with Crippen molar-refractivity contribution in [3.05, 3.63) is 59.4 Å². The predicted octanol–water partition coefficient (Wildman–Crippen LogP) is 3.82. The molecule has 0 spiro atoms. The molecule has 0 unspecified atom stereocenters. The number of para-hydroxylation sites is 2. The number of carbonyl (C=O) groups excluding carboxylic acids is 1. The first-order chi connectivity index (χ1) is 14.1. The summed E-state index contributed by atoms with van der Waals surface area (Å²) >= 11 is 1.73. The van der Waals surface area contributed by atoms with E-state index in [1.165, 1.54) is 15.8 Å². The lowest BCUT2D eigenvalue weighted by Crippen LogP contribution is -2.49. The van der Waals surface area contributed by atoms with Crippen LogP contribution >= 0.6 is 11.3 Å². The summed E-state index contributed by atoms with van der Waals surface area (Å²) in [6, 6.07) is 12.0. The number of benzene rings is 2. The van der Waals surface area contributed by atoms with E-state index in [4.69, 9.17) is 4.98 Å². The third-order valence-corrected chi connectivity index (χ3v) is 6.39. The van der Waals surface area contributed by atoms with Crippen molar-refractivity contribution in [1.29, 1.82) is 0 Å². The Morgan fingerprint density at radius 2 is 1.76 bits per heavy atom. The second kappa shape index (κ2) is 7.08. The van der Waals surface area contributed by atoms with Gasteiger partial charge < -0.3 is 9.80 Å². The van der Waals surface area contributed by atoms with Gasteiger partial charge in [0.15, 0.2) is 5.13 Å². The van der Waals surface area contributed by atoms with Crippen LogP contribution in [0.5, 0.6) is 0 Å². The van der Waals surface area contributed by atoms with Gasteiger partial charge in [-0.15, -0.1) is 0 Å². The van der Waals surface area contributed by atoms with Crippen LogP contribution < -0.4 is 4.90 Å². The number of amides is 1. The molecule has 4 aromatic rings. The molecule has 5 rings (SSSR count). The normalized spacial score (nSPS) is 14.7. The number of anilines is 1. The van der Waals surface area contributed by atoms with E-state index in [2.05, 4.69) is 40.8 Å². The highest BCUT2D eigenvalue weighted by molar-refractivity contribution is 7.22. The minimum absolute atomic E-state index is 0.0568. The number of hydrogen-bond acceptors (Lipinski definition) is 6. The molecule has 0 atom stereocenters. The third-order valence-electron chi connectivity index (χ3n) is 5.32. The SMILES string of the molecule is Cc1cc(C)c2nc(N3CCN(C(=O)c4cnc5ccccc5n4)CC3)sc2c1. The molecule has 0 radical (unpaired) electrons. The standard InChI is InChI=1S/C22H21N5OS/c1-14-11-15(2)20-19(12-14)29-22(25-20)27-9-7-26(8-10-27)21(28)18-13-23-16-5-3-4-6-17(16)24-18/h3-6,11-13H,7-10H2,1-2H3. The monoisotopic (exact) mass is 403 g/mol. The molecule has 1 saturated heterocycles. The minimum Gasteiger partial charge on any atom is -0.345 e. The number of aromatic nitrogens is 3. The maximum atomic E-state index is 12.9. The summed E-state index contributed by atoms with van der Waals surface area (Å²) in [5, 5.41) is 1.03. The summed E-state index contributed by atoms with van der Waals surface area (Å²) in [4.78, 5) is 30.8. The number of thiazole rings is 1. The van der Waals surface area contributed by atoms with Gasteiger partial charge in [-0.1, -0.05) is 29.5 Å². The molecule has 6 nitrogen and oxygen atoms in total. The average Bonchev–Trinajstić information content (AvgIpc) is 3.17. The number of carbonyl (C=O) groups is 1. The number of aryl methyl sites for hydroxylation is 2. The first-order valence-electron chi connectivity index (χ1n) is 9.72. The largest absolute Gasteiger partial charge is 0.345 e. The fraction of sp³-hybridized carbons (Fsp3) is 0.273. The van der Waals surface area contributed by atoms with E-state index in [0.29, 0.717) is 18.8 Å². The van der Waals surface area contributed by atoms with Gasteiger partial charge in [-0.2, -0.15) is 0 Å². The van der Waals surface area contributed by atoms with Crippen LogP contribution in [-0.4, -0.2) is 51.9 Å². The van der Waals surface area contributed by atoms with Crippen molar-refractivity contribution >= 4 is 43.6 Å². The van der Waals surface area contributed by atoms with E-state index in [-0.39, 0.29) is 5.91 Å². The van der Waals surface area contributed by atoms with Crippen LogP contribution in [0.25, 0.3) is 21.3 Å². The fourth-order valence-electron chi connectivity index (χ4n) is 3.82. The molecule has 1 fully saturated rings. The van der Waals surface area contributed by atoms with Gasteiger partial charge in [-0.05, 0) is 43.2 Å². The minimum atomic E-state index is -0.0568. The highest BCUT2D eigenvalue weighted by Crippen LogP contribution is 2.32. The average molecular weight is 404 g/mol. The van der Waals surface area contributed by atoms with Crippen molar-refractivity contribution in [2.24, 2.45) is 0 Å². The van der Waals surface area contributed by atoms with Crippen molar-refractivity contribution in [2.45, 2.75) is 13.8 Å². The molecule has 2 aromatic heterocycles. The molecule has 1 aliphatic rings. The van der Waals surface area contributed by atoms with Crippen LogP contribution in [0, 0.1) is 13.8 Å². The quantitative estimate of drug-likeness (QED) is 0.509. The van der Waals surface area contributed by atoms with Gasteiger partial charge in [-0.25, -0.2) is 9.97 Å². The molecular weight excluding hydrogens is 382 g/mol. The predicted molar refractivity (Wildman–Crippen MR) is 117 cm³/mol. The number of piperazine rings is 1. The number of rotatable bonds is 2. The number of fused-ring (bicyclic) bond motifs is 2. The lowest BCUT2D eigenvalue weighted by molar-refractivity contribution is 0.0741. The highest BCUT2D eigenvalue weighted by Gasteiger charge is 2.25. The molecule has 0 N–H and O–H groups in total. The zero-order valence-electron chi connectivity index (χ0n) is 16.4. The van der Waals surface area contributed by atoms with Crippen LogP contribution in [-0.2, 0) is 0 Å². The Morgan fingerprint density at radius 1 is 1.00 bits per heavy atom. The highest BCUT2D eigenvalue weighted by atomic mass is 32.1. The molecule has 1 aliphatic heterocycles. The van der Waals surface area contributed by atoms with E-state index in [1.54, 1.807) is 17.5 Å². The smallest absolute Gasteiger partial charge is 0.274 e. The van der Waals surface area contributed by atoms with Crippen molar-refractivity contribution in [3.8, 4) is 0 Å². The molecular formula is C22H21N5OS. The van der Waals surface area contributed by atoms with Crippen LogP contribution in [0.1, 0.15) is 21.6 Å². The Morgan fingerprint density at radius 3 is 2.55 bits per heavy atom. The maximum absolute atomic E-state index is 12.9. The lowest BCUT2D eigenvalue weighted by Gasteiger charge is -2.34. The summed E-state index contributed by atoms with van der Waals surface area (Å²) < 4.78 is 1.22. The first kappa shape index (κ1) is 18.0. The zero-order valence-corrected chi connectivity index (χ0v) is 17.2. The molecule has 3 heterocycles. The van der Waals surface area contributed by atoms with Crippen LogP contribution in [0.15, 0.2) is 42.6 Å². The van der Waals surface area contributed by atoms with E-state index in [9.17, 15) is 4.79 Å². The van der Waals surface area contributed by atoms with Crippen molar-refractivity contribution in [1.82, 2.24) is 19.9 Å². The summed E-state index contributed by atoms with van der Waals surface area (Å²) in [6.07, 6.45) is 1.58. The van der Waals surface area contributed by atoms with E-state index in [1.807, 2.05) is 29.2 Å². The molecule has 0 bridgehead atoms. The Kier molecular flexibility index (Phi) is 4.39. The van der Waals surface area contributed by atoms with Gasteiger partial charge in [0.05, 0.1) is 27.4 Å². The molecule has 0 aliphatic carbocycles. The maximum Gasteiger partial charge on any atom is 0.274 e. The summed E-state index contributed by atoms with van der Waals surface area (Å²) in [6.45, 7) is 7.07. The molecule has 1 amide bonds. The Balaban J connectivity index is 1.32. The second-order valence-electron chi connectivity index (χ2n) is 7.45. The van der Waals surface area contributed by atoms with Crippen molar-refractivity contribution in [2.75, 3.05) is 31.1 Å². The molecule has 0 saturated carbocycles. The van der Waals surface area contributed by atoms with Gasteiger partial charge in [0.25, 0.3) is 5.91 Å². The zero-order chi connectivity index (χ0) is 20.0. The summed E-state index contributed by atoms with van der Waals surface area (Å²) in [5.41, 5.74) is 5.51. The van der Waals surface area contributed by atoms with Gasteiger partial charge in [0, 0.05) is 26.2 Å². The van der Waals surface area contributed by atoms with Crippen LogP contribution in [0.3, 0.4) is 0 Å². The van der Waals surface area contributed by atoms with Crippen molar-refractivity contribution in [3.63, 3.8) is 0 Å². The van der Waals surface area contributed by atoms with E-state index in [0.717, 1.165) is 34.8 Å². The third kappa shape index (κ3) is 3.31. The first-order valence-corrected chi connectivity index (χ1v) is 10.5. The van der Waals surface area contributed by atoms with Gasteiger partial charge in [-0.3, -0.25) is 9.78 Å².